The topological polar surface area (TPSA) is 73.2 Å². The van der Waals surface area contributed by atoms with Crippen LogP contribution < -0.4 is 0 Å². The lowest BCUT2D eigenvalue weighted by molar-refractivity contribution is 0.00762. The number of ether oxygens (including phenoxy) is 1. The van der Waals surface area contributed by atoms with Gasteiger partial charge in [-0.15, -0.1) is 0 Å². The number of unbranched alkanes of at least 4 members (excludes halogenated alkanes) is 3. The first-order valence-corrected chi connectivity index (χ1v) is 10.1. The van der Waals surface area contributed by atoms with Crippen LogP contribution in [0.3, 0.4) is 0 Å². The first kappa shape index (κ1) is 22.2. The summed E-state index contributed by atoms with van der Waals surface area (Å²) in [7, 11) is 0. The Bertz CT molecular complexity index is 346. The van der Waals surface area contributed by atoms with Crippen LogP contribution in [0.5, 0.6) is 0 Å². The van der Waals surface area contributed by atoms with Crippen molar-refractivity contribution in [1.29, 1.82) is 0 Å². The Kier molecular flexibility index (Phi) is 11.9. The highest BCUT2D eigenvalue weighted by Gasteiger charge is 2.27. The average molecular weight is 359 g/mol. The summed E-state index contributed by atoms with van der Waals surface area (Å²) in [4.78, 5) is 15.0. The molecule has 25 heavy (non-hydrogen) atoms. The average Bonchev–Trinajstić information content (AvgIpc) is 2.61. The fourth-order valence-corrected chi connectivity index (χ4v) is 3.68. The number of hydrogen-bond donors (Lipinski definition) is 2. The molecule has 0 aromatic carbocycles. The van der Waals surface area contributed by atoms with E-state index in [0.29, 0.717) is 12.6 Å². The number of rotatable bonds is 13. The summed E-state index contributed by atoms with van der Waals surface area (Å²) in [5, 5.41) is 18.2. The van der Waals surface area contributed by atoms with Crippen LogP contribution in [0, 0.1) is 0 Å². The molecule has 1 amide bonds. The maximum atomic E-state index is 11.2. The number of aliphatic hydroxyl groups excluding tert-OH is 1. The van der Waals surface area contributed by atoms with E-state index in [-0.39, 0.29) is 12.6 Å². The lowest BCUT2D eigenvalue weighted by atomic mass is 9.92. The Labute approximate surface area is 153 Å². The van der Waals surface area contributed by atoms with Gasteiger partial charge in [0.25, 0.3) is 0 Å². The Balaban J connectivity index is 2.02. The quantitative estimate of drug-likeness (QED) is 0.495. The Morgan fingerprint density at radius 2 is 1.68 bits per heavy atom. The first-order chi connectivity index (χ1) is 12.1. The molecule has 0 aliphatic heterocycles. The molecule has 0 radical (unpaired) electrons. The fraction of sp³-hybridized carbons (Fsp3) is 0.947. The Morgan fingerprint density at radius 3 is 2.24 bits per heavy atom. The molecule has 148 valence electrons. The molecule has 6 nitrogen and oxygen atoms in total. The minimum absolute atomic E-state index is 0.169. The first-order valence-electron chi connectivity index (χ1n) is 10.1. The minimum atomic E-state index is -0.799. The van der Waals surface area contributed by atoms with Crippen molar-refractivity contribution in [2.24, 2.45) is 0 Å². The van der Waals surface area contributed by atoms with E-state index in [2.05, 4.69) is 11.8 Å². The highest BCUT2D eigenvalue weighted by Crippen LogP contribution is 2.25. The van der Waals surface area contributed by atoms with Gasteiger partial charge < -0.3 is 24.7 Å². The number of carboxylic acid groups (broad SMARTS) is 1. The molecule has 0 saturated heterocycles. The summed E-state index contributed by atoms with van der Waals surface area (Å²) in [6.45, 7) is 8.52. The highest BCUT2D eigenvalue weighted by molar-refractivity contribution is 5.65. The van der Waals surface area contributed by atoms with Crippen LogP contribution in [0.2, 0.25) is 0 Å². The molecule has 1 rings (SSSR count). The number of amides is 1. The highest BCUT2D eigenvalue weighted by atomic mass is 16.5. The molecule has 0 unspecified atom stereocenters. The van der Waals surface area contributed by atoms with Gasteiger partial charge in [0.2, 0.25) is 0 Å². The van der Waals surface area contributed by atoms with E-state index in [4.69, 9.17) is 9.84 Å². The van der Waals surface area contributed by atoms with Gasteiger partial charge >= 0.3 is 6.09 Å². The van der Waals surface area contributed by atoms with Crippen molar-refractivity contribution in [3.05, 3.63) is 0 Å². The molecule has 0 heterocycles. The molecule has 1 saturated carbocycles. The molecule has 1 fully saturated rings. The second-order valence-electron chi connectivity index (χ2n) is 6.94. The van der Waals surface area contributed by atoms with Crippen LogP contribution in [0.4, 0.5) is 4.79 Å². The van der Waals surface area contributed by atoms with Crippen molar-refractivity contribution in [3.63, 3.8) is 0 Å². The summed E-state index contributed by atoms with van der Waals surface area (Å²) in [6, 6.07) is 0.169. The van der Waals surface area contributed by atoms with Gasteiger partial charge in [-0.3, -0.25) is 0 Å². The maximum Gasteiger partial charge on any atom is 0.407 e. The minimum Gasteiger partial charge on any atom is -0.465 e. The molecule has 0 spiro atoms. The van der Waals surface area contributed by atoms with Crippen LogP contribution in [-0.2, 0) is 4.74 Å². The van der Waals surface area contributed by atoms with E-state index in [0.717, 1.165) is 58.3 Å². The van der Waals surface area contributed by atoms with Gasteiger partial charge in [-0.1, -0.05) is 19.8 Å². The fourth-order valence-electron chi connectivity index (χ4n) is 3.68. The van der Waals surface area contributed by atoms with Gasteiger partial charge in [0.05, 0.1) is 12.7 Å². The van der Waals surface area contributed by atoms with Crippen molar-refractivity contribution in [1.82, 2.24) is 9.80 Å². The normalized spacial score (nSPS) is 20.8. The Hall–Kier alpha value is -0.850. The Morgan fingerprint density at radius 1 is 1.00 bits per heavy atom. The largest absolute Gasteiger partial charge is 0.465 e. The second-order valence-corrected chi connectivity index (χ2v) is 6.94. The zero-order valence-electron chi connectivity index (χ0n) is 16.2. The standard InChI is InChI=1S/C19H38N2O4/c1-3-20(14-15-22)13-7-5-6-8-16-25-18-11-9-17(10-12-18)21(4-2)19(23)24/h17-18,22H,3-16H2,1-2H3,(H,23,24). The molecular formula is C19H38N2O4. The molecule has 2 N–H and O–H groups in total. The predicted octanol–water partition coefficient (Wildman–Crippen LogP) is 3.19. The van der Waals surface area contributed by atoms with Crippen molar-refractivity contribution >= 4 is 6.09 Å². The summed E-state index contributed by atoms with van der Waals surface area (Å²) in [5.41, 5.74) is 0. The van der Waals surface area contributed by atoms with Gasteiger partial charge in [0.15, 0.2) is 0 Å². The zero-order chi connectivity index (χ0) is 18.5. The zero-order valence-corrected chi connectivity index (χ0v) is 16.2. The molecule has 0 aromatic heterocycles. The third-order valence-corrected chi connectivity index (χ3v) is 5.26. The van der Waals surface area contributed by atoms with Gasteiger partial charge in [-0.2, -0.15) is 0 Å². The smallest absolute Gasteiger partial charge is 0.407 e. The SMILES string of the molecule is CCN(CCO)CCCCCCOC1CCC(N(CC)C(=O)O)CC1. The lowest BCUT2D eigenvalue weighted by Crippen LogP contribution is -2.42. The monoisotopic (exact) mass is 358 g/mol. The molecular weight excluding hydrogens is 320 g/mol. The van der Waals surface area contributed by atoms with Gasteiger partial charge in [-0.05, 0) is 58.5 Å². The van der Waals surface area contributed by atoms with Crippen molar-refractivity contribution in [3.8, 4) is 0 Å². The molecule has 0 bridgehead atoms. The summed E-state index contributed by atoms with van der Waals surface area (Å²) in [6.07, 6.45) is 7.98. The van der Waals surface area contributed by atoms with Crippen LogP contribution in [0.25, 0.3) is 0 Å². The van der Waals surface area contributed by atoms with E-state index >= 15 is 0 Å². The summed E-state index contributed by atoms with van der Waals surface area (Å²) < 4.78 is 5.98. The van der Waals surface area contributed by atoms with E-state index in [9.17, 15) is 9.90 Å². The third kappa shape index (κ3) is 8.88. The van der Waals surface area contributed by atoms with Crippen LogP contribution in [0.1, 0.15) is 65.2 Å². The second kappa shape index (κ2) is 13.4. The maximum absolute atomic E-state index is 11.2. The van der Waals surface area contributed by atoms with Crippen molar-refractivity contribution in [2.75, 3.05) is 39.4 Å². The summed E-state index contributed by atoms with van der Waals surface area (Å²) >= 11 is 0. The van der Waals surface area contributed by atoms with Gasteiger partial charge in [0, 0.05) is 25.7 Å². The number of nitrogens with zero attached hydrogens (tertiary/aromatic N) is 2. The van der Waals surface area contributed by atoms with E-state index in [1.807, 2.05) is 6.92 Å². The van der Waals surface area contributed by atoms with E-state index < -0.39 is 6.09 Å². The molecule has 1 aliphatic carbocycles. The number of carbonyl (C=O) groups is 1. The van der Waals surface area contributed by atoms with Crippen molar-refractivity contribution in [2.45, 2.75) is 77.4 Å². The molecule has 0 aromatic rings. The van der Waals surface area contributed by atoms with E-state index in [1.165, 1.54) is 19.3 Å². The van der Waals surface area contributed by atoms with Crippen molar-refractivity contribution < 1.29 is 19.7 Å². The molecule has 1 aliphatic rings. The summed E-state index contributed by atoms with van der Waals surface area (Å²) in [5.74, 6) is 0. The van der Waals surface area contributed by atoms with Crippen LogP contribution in [0.15, 0.2) is 0 Å². The third-order valence-electron chi connectivity index (χ3n) is 5.26. The lowest BCUT2D eigenvalue weighted by Gasteiger charge is -2.34. The predicted molar refractivity (Wildman–Crippen MR) is 100 cm³/mol. The number of hydrogen-bond acceptors (Lipinski definition) is 4. The number of likely N-dealkylation sites (N-methyl/N-ethyl adjacent to an activating group) is 1. The number of aliphatic hydroxyl groups is 1. The van der Waals surface area contributed by atoms with E-state index in [1.54, 1.807) is 4.90 Å². The van der Waals surface area contributed by atoms with Gasteiger partial charge in [0.1, 0.15) is 0 Å². The molecule has 0 atom stereocenters. The molecule has 6 heteroatoms. The van der Waals surface area contributed by atoms with Crippen LogP contribution >= 0.6 is 0 Å². The van der Waals surface area contributed by atoms with Crippen LogP contribution in [-0.4, -0.2) is 77.6 Å². The van der Waals surface area contributed by atoms with Gasteiger partial charge in [-0.25, -0.2) is 4.79 Å².